The van der Waals surface area contributed by atoms with Crippen molar-refractivity contribution in [1.29, 1.82) is 0 Å². The van der Waals surface area contributed by atoms with Crippen LogP contribution in [0.3, 0.4) is 0 Å². The molecule has 0 fully saturated rings. The molecule has 0 aromatic heterocycles. The predicted molar refractivity (Wildman–Crippen MR) is 67.2 cm³/mol. The minimum Gasteiger partial charge on any atom is -0.359 e. The summed E-state index contributed by atoms with van der Waals surface area (Å²) in [6.45, 7) is 0.274. The molecule has 1 aromatic carbocycles. The van der Waals surface area contributed by atoms with Crippen LogP contribution in [0.1, 0.15) is 6.42 Å². The van der Waals surface area contributed by atoms with E-state index in [1.54, 1.807) is 31.3 Å². The number of hydrogen-bond donors (Lipinski definition) is 3. The number of nitrogens with one attached hydrogen (secondary N) is 3. The van der Waals surface area contributed by atoms with Gasteiger partial charge in [0.2, 0.25) is 5.91 Å². The zero-order valence-corrected chi connectivity index (χ0v) is 10.2. The zero-order chi connectivity index (χ0) is 12.7. The average Bonchev–Trinajstić information content (AvgIpc) is 2.32. The quantitative estimate of drug-likeness (QED) is 0.765. The Kier molecular flexibility index (Phi) is 5.29. The highest BCUT2D eigenvalue weighted by molar-refractivity contribution is 6.33. The van der Waals surface area contributed by atoms with E-state index in [0.717, 1.165) is 0 Å². The van der Waals surface area contributed by atoms with Gasteiger partial charge in [-0.15, -0.1) is 0 Å². The number of benzene rings is 1. The van der Waals surface area contributed by atoms with Crippen LogP contribution in [-0.2, 0) is 4.79 Å². The summed E-state index contributed by atoms with van der Waals surface area (Å²) in [4.78, 5) is 22.3. The van der Waals surface area contributed by atoms with E-state index < -0.39 is 0 Å². The van der Waals surface area contributed by atoms with Crippen molar-refractivity contribution in [2.24, 2.45) is 0 Å². The summed E-state index contributed by atoms with van der Waals surface area (Å²) < 4.78 is 0. The van der Waals surface area contributed by atoms with Gasteiger partial charge in [-0.05, 0) is 12.1 Å². The van der Waals surface area contributed by atoms with Crippen molar-refractivity contribution in [1.82, 2.24) is 10.6 Å². The molecule has 0 aliphatic heterocycles. The van der Waals surface area contributed by atoms with E-state index in [4.69, 9.17) is 11.6 Å². The lowest BCUT2D eigenvalue weighted by Gasteiger charge is -2.08. The van der Waals surface area contributed by atoms with Gasteiger partial charge >= 0.3 is 6.03 Å². The molecule has 0 saturated carbocycles. The Balaban J connectivity index is 2.35. The van der Waals surface area contributed by atoms with Gasteiger partial charge in [0.25, 0.3) is 0 Å². The van der Waals surface area contributed by atoms with E-state index in [0.29, 0.717) is 10.7 Å². The zero-order valence-electron chi connectivity index (χ0n) is 9.42. The Hall–Kier alpha value is -1.75. The molecular weight excluding hydrogens is 242 g/mol. The van der Waals surface area contributed by atoms with Gasteiger partial charge in [0.1, 0.15) is 0 Å². The first-order valence-electron chi connectivity index (χ1n) is 5.13. The third kappa shape index (κ3) is 4.74. The highest BCUT2D eigenvalue weighted by Crippen LogP contribution is 2.19. The number of urea groups is 1. The van der Waals surface area contributed by atoms with Crippen LogP contribution < -0.4 is 16.0 Å². The monoisotopic (exact) mass is 255 g/mol. The summed E-state index contributed by atoms with van der Waals surface area (Å²) in [6.07, 6.45) is 0.243. The molecule has 3 amide bonds. The first kappa shape index (κ1) is 13.3. The van der Waals surface area contributed by atoms with Crippen molar-refractivity contribution in [3.05, 3.63) is 29.3 Å². The van der Waals surface area contributed by atoms with E-state index in [-0.39, 0.29) is 24.9 Å². The van der Waals surface area contributed by atoms with Crippen LogP contribution in [0.4, 0.5) is 10.5 Å². The second-order valence-electron chi connectivity index (χ2n) is 3.28. The molecule has 0 aliphatic rings. The summed E-state index contributed by atoms with van der Waals surface area (Å²) >= 11 is 5.87. The minimum absolute atomic E-state index is 0.122. The first-order valence-corrected chi connectivity index (χ1v) is 5.51. The van der Waals surface area contributed by atoms with Gasteiger partial charge in [-0.3, -0.25) is 4.79 Å². The van der Waals surface area contributed by atoms with Gasteiger partial charge < -0.3 is 16.0 Å². The van der Waals surface area contributed by atoms with Crippen LogP contribution in [-0.4, -0.2) is 25.5 Å². The molecule has 0 saturated heterocycles. The normalized spacial score (nSPS) is 9.53. The van der Waals surface area contributed by atoms with Crippen LogP contribution in [0, 0.1) is 0 Å². The average molecular weight is 256 g/mol. The number of carbonyl (C=O) groups is 2. The van der Waals surface area contributed by atoms with Gasteiger partial charge in [-0.2, -0.15) is 0 Å². The van der Waals surface area contributed by atoms with E-state index in [2.05, 4.69) is 16.0 Å². The number of para-hydroxylation sites is 1. The maximum Gasteiger partial charge on any atom is 0.319 e. The predicted octanol–water partition coefficient (Wildman–Crippen LogP) is 1.60. The maximum absolute atomic E-state index is 11.4. The molecule has 1 rings (SSSR count). The Morgan fingerprint density at radius 1 is 1.29 bits per heavy atom. The van der Waals surface area contributed by atoms with Crippen LogP contribution in [0.5, 0.6) is 0 Å². The first-order chi connectivity index (χ1) is 8.13. The molecule has 92 valence electrons. The smallest absolute Gasteiger partial charge is 0.319 e. The number of halogens is 1. The van der Waals surface area contributed by atoms with Crippen molar-refractivity contribution in [3.63, 3.8) is 0 Å². The Morgan fingerprint density at radius 3 is 2.65 bits per heavy atom. The molecular formula is C11H14ClN3O2. The van der Waals surface area contributed by atoms with Crippen molar-refractivity contribution in [3.8, 4) is 0 Å². The minimum atomic E-state index is -0.387. The van der Waals surface area contributed by atoms with Crippen LogP contribution >= 0.6 is 11.6 Å². The molecule has 0 aliphatic carbocycles. The van der Waals surface area contributed by atoms with Crippen molar-refractivity contribution in [2.45, 2.75) is 6.42 Å². The highest BCUT2D eigenvalue weighted by Gasteiger charge is 2.04. The van der Waals surface area contributed by atoms with Gasteiger partial charge in [-0.1, -0.05) is 23.7 Å². The number of amides is 3. The van der Waals surface area contributed by atoms with Crippen LogP contribution in [0.2, 0.25) is 5.02 Å². The second kappa shape index (κ2) is 6.75. The van der Waals surface area contributed by atoms with Crippen LogP contribution in [0.25, 0.3) is 0 Å². The van der Waals surface area contributed by atoms with Crippen LogP contribution in [0.15, 0.2) is 24.3 Å². The topological polar surface area (TPSA) is 70.2 Å². The van der Waals surface area contributed by atoms with Crippen molar-refractivity contribution < 1.29 is 9.59 Å². The number of hydrogen-bond acceptors (Lipinski definition) is 2. The standard InChI is InChI=1S/C11H14ClN3O2/c1-13-10(16)6-7-14-11(17)15-9-5-3-2-4-8(9)12/h2-5H,6-7H2,1H3,(H,13,16)(H2,14,15,17). The molecule has 0 bridgehead atoms. The summed E-state index contributed by atoms with van der Waals surface area (Å²) in [5.74, 6) is -0.122. The number of anilines is 1. The summed E-state index contributed by atoms with van der Waals surface area (Å²) in [5, 5.41) is 8.07. The van der Waals surface area contributed by atoms with Crippen molar-refractivity contribution >= 4 is 29.2 Å². The van der Waals surface area contributed by atoms with E-state index in [9.17, 15) is 9.59 Å². The number of rotatable bonds is 4. The molecule has 0 atom stereocenters. The molecule has 3 N–H and O–H groups in total. The van der Waals surface area contributed by atoms with Gasteiger partial charge in [0.15, 0.2) is 0 Å². The molecule has 6 heteroatoms. The summed E-state index contributed by atoms with van der Waals surface area (Å²) in [7, 11) is 1.55. The van der Waals surface area contributed by atoms with E-state index >= 15 is 0 Å². The molecule has 0 heterocycles. The fraction of sp³-hybridized carbons (Fsp3) is 0.273. The van der Waals surface area contributed by atoms with Gasteiger partial charge in [-0.25, -0.2) is 4.79 Å². The molecule has 1 aromatic rings. The fourth-order valence-electron chi connectivity index (χ4n) is 1.14. The summed E-state index contributed by atoms with van der Waals surface area (Å²) in [5.41, 5.74) is 0.534. The Bertz CT molecular complexity index is 409. The lowest BCUT2D eigenvalue weighted by molar-refractivity contribution is -0.120. The van der Waals surface area contributed by atoms with Gasteiger partial charge in [0.05, 0.1) is 10.7 Å². The van der Waals surface area contributed by atoms with Gasteiger partial charge in [0, 0.05) is 20.0 Å². The van der Waals surface area contributed by atoms with E-state index in [1.165, 1.54) is 0 Å². The molecule has 0 spiro atoms. The Labute approximate surface area is 105 Å². The third-order valence-electron chi connectivity index (χ3n) is 2.04. The SMILES string of the molecule is CNC(=O)CCNC(=O)Nc1ccccc1Cl. The fourth-order valence-corrected chi connectivity index (χ4v) is 1.33. The molecule has 5 nitrogen and oxygen atoms in total. The highest BCUT2D eigenvalue weighted by atomic mass is 35.5. The number of carbonyl (C=O) groups excluding carboxylic acids is 2. The lowest BCUT2D eigenvalue weighted by Crippen LogP contribution is -2.32. The second-order valence-corrected chi connectivity index (χ2v) is 3.69. The largest absolute Gasteiger partial charge is 0.359 e. The molecule has 17 heavy (non-hydrogen) atoms. The Morgan fingerprint density at radius 2 is 2.00 bits per heavy atom. The molecule has 0 unspecified atom stereocenters. The summed E-state index contributed by atoms with van der Waals surface area (Å²) in [6, 6.07) is 6.53. The molecule has 0 radical (unpaired) electrons. The maximum atomic E-state index is 11.4. The van der Waals surface area contributed by atoms with E-state index in [1.807, 2.05) is 0 Å². The lowest BCUT2D eigenvalue weighted by atomic mass is 10.3. The third-order valence-corrected chi connectivity index (χ3v) is 2.37. The van der Waals surface area contributed by atoms with Crippen molar-refractivity contribution in [2.75, 3.05) is 18.9 Å².